The van der Waals surface area contributed by atoms with Gasteiger partial charge in [-0.15, -0.1) is 0 Å². The molecule has 6 rings (SSSR count). The zero-order valence-corrected chi connectivity index (χ0v) is 21.3. The Kier molecular flexibility index (Phi) is 5.92. The Morgan fingerprint density at radius 3 is 1.88 bits per heavy atom. The van der Waals surface area contributed by atoms with Gasteiger partial charge in [0.1, 0.15) is 57.8 Å². The van der Waals surface area contributed by atoms with Gasteiger partial charge >= 0.3 is 0 Å². The molecule has 214 valence electrons. The normalized spacial score (nSPS) is 19.4. The van der Waals surface area contributed by atoms with E-state index in [1.54, 1.807) is 0 Å². The molecule has 8 N–H and O–H groups in total. The van der Waals surface area contributed by atoms with Gasteiger partial charge in [-0.1, -0.05) is 12.1 Å². The van der Waals surface area contributed by atoms with Gasteiger partial charge in [0.15, 0.2) is 34.6 Å². The lowest BCUT2D eigenvalue weighted by molar-refractivity contribution is 0.0738. The highest BCUT2D eigenvalue weighted by atomic mass is 16.5. The number of aromatic hydroxyl groups is 8. The van der Waals surface area contributed by atoms with Crippen LogP contribution in [-0.4, -0.2) is 52.4 Å². The molecule has 12 heteroatoms. The largest absolute Gasteiger partial charge is 0.508 e. The van der Waals surface area contributed by atoms with E-state index in [1.165, 1.54) is 24.3 Å². The molecule has 0 unspecified atom stereocenters. The van der Waals surface area contributed by atoms with Crippen LogP contribution in [0.25, 0.3) is 0 Å². The summed E-state index contributed by atoms with van der Waals surface area (Å²) in [5.41, 5.74) is -0.573. The van der Waals surface area contributed by atoms with E-state index in [-0.39, 0.29) is 45.7 Å². The molecule has 2 aliphatic rings. The molecule has 0 saturated heterocycles. The fourth-order valence-corrected chi connectivity index (χ4v) is 5.41. The second kappa shape index (κ2) is 9.41. The number of rotatable bonds is 3. The van der Waals surface area contributed by atoms with Gasteiger partial charge in [0.05, 0.1) is 17.9 Å². The second-order valence-electron chi connectivity index (χ2n) is 9.98. The summed E-state index contributed by atoms with van der Waals surface area (Å²) in [6.07, 6.45) is -2.76. The Labute approximate surface area is 236 Å². The molecule has 4 aromatic rings. The third-order valence-corrected chi connectivity index (χ3v) is 7.35. The van der Waals surface area contributed by atoms with Gasteiger partial charge < -0.3 is 50.3 Å². The van der Waals surface area contributed by atoms with Crippen LogP contribution in [0.2, 0.25) is 0 Å². The molecule has 3 atom stereocenters. The van der Waals surface area contributed by atoms with Crippen molar-refractivity contribution in [1.29, 1.82) is 0 Å². The average molecular weight is 574 g/mol. The van der Waals surface area contributed by atoms with Crippen molar-refractivity contribution < 1.29 is 59.9 Å². The number of carbonyl (C=O) groups is 2. The van der Waals surface area contributed by atoms with Gasteiger partial charge in [0.2, 0.25) is 0 Å². The highest BCUT2D eigenvalue weighted by Gasteiger charge is 2.46. The lowest BCUT2D eigenvalue weighted by Gasteiger charge is -2.36. The summed E-state index contributed by atoms with van der Waals surface area (Å²) in [5.74, 6) is -7.83. The number of carbonyl (C=O) groups excluding carboxylic acids is 2. The molecule has 0 radical (unpaired) electrons. The van der Waals surface area contributed by atoms with Gasteiger partial charge in [-0.25, -0.2) is 0 Å². The summed E-state index contributed by atoms with van der Waals surface area (Å²) in [7, 11) is 0. The minimum atomic E-state index is -1.56. The first-order chi connectivity index (χ1) is 19.9. The molecule has 0 amide bonds. The first-order valence-corrected chi connectivity index (χ1v) is 12.5. The lowest BCUT2D eigenvalue weighted by atomic mass is 9.78. The smallest absolute Gasteiger partial charge is 0.182 e. The van der Waals surface area contributed by atoms with E-state index in [4.69, 9.17) is 9.47 Å². The van der Waals surface area contributed by atoms with Crippen molar-refractivity contribution in [1.82, 2.24) is 0 Å². The predicted octanol–water partition coefficient (Wildman–Crippen LogP) is 4.14. The van der Waals surface area contributed by atoms with Crippen molar-refractivity contribution in [3.8, 4) is 57.5 Å². The van der Waals surface area contributed by atoms with E-state index in [1.807, 2.05) is 0 Å². The van der Waals surface area contributed by atoms with Gasteiger partial charge in [-0.2, -0.15) is 0 Å². The summed E-state index contributed by atoms with van der Waals surface area (Å²) in [6, 6.07) is 10.3. The Hall–Kier alpha value is -5.78. The van der Waals surface area contributed by atoms with Crippen LogP contribution in [-0.2, 0) is 0 Å². The number of hydrogen-bond acceptors (Lipinski definition) is 12. The van der Waals surface area contributed by atoms with Crippen molar-refractivity contribution >= 4 is 11.6 Å². The third kappa shape index (κ3) is 4.08. The zero-order valence-electron chi connectivity index (χ0n) is 21.3. The minimum Gasteiger partial charge on any atom is -0.508 e. The molecule has 2 heterocycles. The molecular formula is C30H22O12. The van der Waals surface area contributed by atoms with E-state index in [2.05, 4.69) is 0 Å². The summed E-state index contributed by atoms with van der Waals surface area (Å²) in [6.45, 7) is 0. The molecular weight excluding hydrogens is 552 g/mol. The predicted molar refractivity (Wildman–Crippen MR) is 142 cm³/mol. The van der Waals surface area contributed by atoms with Crippen molar-refractivity contribution in [3.63, 3.8) is 0 Å². The monoisotopic (exact) mass is 574 g/mol. The fraction of sp³-hybridized carbons (Fsp3) is 0.133. The number of phenols is 8. The molecule has 12 nitrogen and oxygen atoms in total. The molecule has 2 aliphatic heterocycles. The van der Waals surface area contributed by atoms with Crippen molar-refractivity contribution in [2.75, 3.05) is 0 Å². The number of benzene rings is 4. The van der Waals surface area contributed by atoms with Gasteiger partial charge in [-0.05, 0) is 35.4 Å². The van der Waals surface area contributed by atoms with Crippen LogP contribution < -0.4 is 9.47 Å². The highest BCUT2D eigenvalue weighted by molar-refractivity contribution is 6.09. The number of ketones is 2. The zero-order chi connectivity index (χ0) is 30.0. The Balaban J connectivity index is 1.58. The lowest BCUT2D eigenvalue weighted by Crippen LogP contribution is -2.32. The summed E-state index contributed by atoms with van der Waals surface area (Å²) < 4.78 is 12.2. The first-order valence-electron chi connectivity index (χ1n) is 12.5. The quantitative estimate of drug-likeness (QED) is 0.162. The summed E-state index contributed by atoms with van der Waals surface area (Å²) >= 11 is 0. The second-order valence-corrected chi connectivity index (χ2v) is 9.98. The van der Waals surface area contributed by atoms with Gasteiger partial charge in [-0.3, -0.25) is 9.59 Å². The fourth-order valence-electron chi connectivity index (χ4n) is 5.41. The maximum Gasteiger partial charge on any atom is 0.182 e. The molecule has 0 aliphatic carbocycles. The number of Topliss-reactive ketones (excluding diaryl/α,β-unsaturated/α-hetero) is 2. The molecule has 0 aromatic heterocycles. The van der Waals surface area contributed by atoms with Crippen LogP contribution in [0.5, 0.6) is 57.5 Å². The van der Waals surface area contributed by atoms with Crippen LogP contribution >= 0.6 is 0 Å². The van der Waals surface area contributed by atoms with Gasteiger partial charge in [0.25, 0.3) is 0 Å². The van der Waals surface area contributed by atoms with E-state index in [0.717, 1.165) is 30.3 Å². The average Bonchev–Trinajstić information content (AvgIpc) is 2.91. The molecule has 0 bridgehead atoms. The Morgan fingerprint density at radius 2 is 1.21 bits per heavy atom. The van der Waals surface area contributed by atoms with Crippen molar-refractivity contribution in [3.05, 3.63) is 82.4 Å². The minimum absolute atomic E-state index is 0.125. The Morgan fingerprint density at radius 1 is 0.595 bits per heavy atom. The molecule has 0 spiro atoms. The number of phenolic OH excluding ortho intramolecular Hbond substituents is 8. The van der Waals surface area contributed by atoms with Crippen LogP contribution in [0.3, 0.4) is 0 Å². The standard InChI is InChI=1S/C30H22O12/c31-13-7-18(36)25-23(8-13)42-29(12-2-4-15(33)17(35)6-12)27(28(25)40)26-20(38)9-19(37)24-21(39)10-22(41-30(24)26)11-1-3-14(32)16(34)5-11/h1-9,22,27,29,31-38H,10H2/t22-,27+,29-/m0/s1. The molecule has 42 heavy (non-hydrogen) atoms. The maximum absolute atomic E-state index is 14.1. The summed E-state index contributed by atoms with van der Waals surface area (Å²) in [4.78, 5) is 27.4. The molecule has 4 aromatic carbocycles. The van der Waals surface area contributed by atoms with Crippen molar-refractivity contribution in [2.45, 2.75) is 24.5 Å². The van der Waals surface area contributed by atoms with Crippen LogP contribution in [0.1, 0.15) is 62.0 Å². The summed E-state index contributed by atoms with van der Waals surface area (Å²) in [5, 5.41) is 82.2. The van der Waals surface area contributed by atoms with Gasteiger partial charge in [0, 0.05) is 18.2 Å². The number of fused-ring (bicyclic) bond motifs is 2. The van der Waals surface area contributed by atoms with E-state index < -0.39 is 75.7 Å². The topological polar surface area (TPSA) is 214 Å². The highest BCUT2D eigenvalue weighted by Crippen LogP contribution is 2.55. The van der Waals surface area contributed by atoms with E-state index >= 15 is 0 Å². The third-order valence-electron chi connectivity index (χ3n) is 7.35. The van der Waals surface area contributed by atoms with Crippen LogP contribution in [0, 0.1) is 0 Å². The van der Waals surface area contributed by atoms with E-state index in [9.17, 15) is 50.4 Å². The van der Waals surface area contributed by atoms with Crippen LogP contribution in [0.15, 0.2) is 54.6 Å². The Bertz CT molecular complexity index is 1810. The number of hydrogen-bond donors (Lipinski definition) is 8. The number of ether oxygens (including phenoxy) is 2. The van der Waals surface area contributed by atoms with E-state index in [0.29, 0.717) is 0 Å². The SMILES string of the molecule is O=C1C[C@@H](c2ccc(O)c(O)c2)Oc2c1c(O)cc(O)c2[C@@H]1C(=O)c2c(O)cc(O)cc2O[C@H]1c1ccc(O)c(O)c1. The first kappa shape index (κ1) is 26.4. The van der Waals surface area contributed by atoms with Crippen molar-refractivity contribution in [2.24, 2.45) is 0 Å². The van der Waals surface area contributed by atoms with Crippen LogP contribution in [0.4, 0.5) is 0 Å². The molecule has 0 fully saturated rings. The maximum atomic E-state index is 14.1. The molecule has 0 saturated carbocycles.